The molecule has 2 aromatic heterocycles. The monoisotopic (exact) mass is 552 g/mol. The van der Waals surface area contributed by atoms with Crippen molar-refractivity contribution in [1.82, 2.24) is 9.55 Å². The number of hydrogen-bond donors (Lipinski definition) is 2. The van der Waals surface area contributed by atoms with E-state index in [9.17, 15) is 27.6 Å². The van der Waals surface area contributed by atoms with E-state index in [1.165, 1.54) is 54.4 Å². The normalized spacial score (nSPS) is 12.1. The number of carbonyl (C=O) groups is 2. The van der Waals surface area contributed by atoms with E-state index in [1.807, 2.05) is 6.92 Å². The lowest BCUT2D eigenvalue weighted by molar-refractivity contribution is -0.153. The van der Waals surface area contributed by atoms with Gasteiger partial charge in [0.2, 0.25) is 5.91 Å². The van der Waals surface area contributed by atoms with Crippen LogP contribution in [0.1, 0.15) is 36.3 Å². The Morgan fingerprint density at radius 1 is 1.16 bits per heavy atom. The number of nitrogens with one attached hydrogen (secondary N) is 1. The third kappa shape index (κ3) is 7.03. The van der Waals surface area contributed by atoms with Crippen molar-refractivity contribution in [1.29, 1.82) is 0 Å². The van der Waals surface area contributed by atoms with Crippen LogP contribution in [0.25, 0.3) is 11.1 Å². The lowest BCUT2D eigenvalue weighted by atomic mass is 10.0. The SMILES string of the molecule is CCCC(C(=O)Nc1ccc(C(N)=O)nc1)n1cc(OC)c(-c2cc(Cl)ccc2OCC(F)(F)F)cc1=O. The molecule has 0 bridgehead atoms. The molecule has 0 spiro atoms. The predicted molar refractivity (Wildman–Crippen MR) is 135 cm³/mol. The van der Waals surface area contributed by atoms with Crippen LogP contribution in [0, 0.1) is 0 Å². The maximum absolute atomic E-state index is 13.2. The van der Waals surface area contributed by atoms with Gasteiger partial charge in [-0.1, -0.05) is 24.9 Å². The molecular weight excluding hydrogens is 529 g/mol. The number of aromatic nitrogens is 2. The first-order chi connectivity index (χ1) is 17.9. The molecule has 1 atom stereocenters. The molecule has 2 heterocycles. The van der Waals surface area contributed by atoms with Crippen LogP contribution in [0.2, 0.25) is 5.02 Å². The van der Waals surface area contributed by atoms with Crippen LogP contribution in [0.4, 0.5) is 18.9 Å². The summed E-state index contributed by atoms with van der Waals surface area (Å²) < 4.78 is 49.9. The highest BCUT2D eigenvalue weighted by Crippen LogP contribution is 2.38. The fourth-order valence-electron chi connectivity index (χ4n) is 3.65. The minimum absolute atomic E-state index is 0.0178. The van der Waals surface area contributed by atoms with Gasteiger partial charge >= 0.3 is 6.18 Å². The summed E-state index contributed by atoms with van der Waals surface area (Å²) in [6.45, 7) is 0.283. The van der Waals surface area contributed by atoms with Gasteiger partial charge in [0.15, 0.2) is 6.61 Å². The van der Waals surface area contributed by atoms with Crippen molar-refractivity contribution in [2.24, 2.45) is 5.73 Å². The lowest BCUT2D eigenvalue weighted by Gasteiger charge is -2.21. The second-order valence-corrected chi connectivity index (χ2v) is 8.57. The van der Waals surface area contributed by atoms with E-state index in [0.717, 1.165) is 6.07 Å². The number of nitrogens with zero attached hydrogens (tertiary/aromatic N) is 2. The van der Waals surface area contributed by atoms with E-state index < -0.39 is 36.2 Å². The summed E-state index contributed by atoms with van der Waals surface area (Å²) in [5.41, 5.74) is 5.11. The molecule has 38 heavy (non-hydrogen) atoms. The average molecular weight is 553 g/mol. The molecule has 13 heteroatoms. The second kappa shape index (κ2) is 12.0. The number of alkyl halides is 3. The molecule has 3 rings (SSSR count). The summed E-state index contributed by atoms with van der Waals surface area (Å²) in [6.07, 6.45) is -1.20. The number of ether oxygens (including phenoxy) is 2. The van der Waals surface area contributed by atoms with Gasteiger partial charge in [0, 0.05) is 22.2 Å². The Morgan fingerprint density at radius 3 is 2.45 bits per heavy atom. The quantitative estimate of drug-likeness (QED) is 0.379. The zero-order chi connectivity index (χ0) is 28.0. The maximum Gasteiger partial charge on any atom is 0.422 e. The van der Waals surface area contributed by atoms with Crippen LogP contribution in [0.3, 0.4) is 0 Å². The summed E-state index contributed by atoms with van der Waals surface area (Å²) in [5.74, 6) is -1.31. The Balaban J connectivity index is 2.00. The highest BCUT2D eigenvalue weighted by molar-refractivity contribution is 6.31. The number of hydrogen-bond acceptors (Lipinski definition) is 6. The Hall–Kier alpha value is -4.06. The molecule has 9 nitrogen and oxygen atoms in total. The number of benzene rings is 1. The van der Waals surface area contributed by atoms with Gasteiger partial charge in [-0.25, -0.2) is 4.98 Å². The third-order valence-corrected chi connectivity index (χ3v) is 5.61. The minimum Gasteiger partial charge on any atom is -0.495 e. The number of halogens is 4. The highest BCUT2D eigenvalue weighted by Gasteiger charge is 2.29. The average Bonchev–Trinajstić information content (AvgIpc) is 2.86. The first-order valence-corrected chi connectivity index (χ1v) is 11.7. The van der Waals surface area contributed by atoms with E-state index >= 15 is 0 Å². The zero-order valence-corrected chi connectivity index (χ0v) is 21.1. The fraction of sp³-hybridized carbons (Fsp3) is 0.280. The molecule has 0 saturated heterocycles. The van der Waals surface area contributed by atoms with Gasteiger partial charge < -0.3 is 20.5 Å². The van der Waals surface area contributed by atoms with E-state index in [4.69, 9.17) is 26.8 Å². The Morgan fingerprint density at radius 2 is 1.87 bits per heavy atom. The molecule has 0 aliphatic heterocycles. The Labute approximate surface area is 220 Å². The number of nitrogens with two attached hydrogens (primary N) is 1. The number of primary amides is 1. The molecule has 202 valence electrons. The number of methoxy groups -OCH3 is 1. The summed E-state index contributed by atoms with van der Waals surface area (Å²) >= 11 is 6.08. The van der Waals surface area contributed by atoms with Gasteiger partial charge in [-0.3, -0.25) is 19.0 Å². The molecule has 0 fully saturated rings. The standard InChI is InChI=1S/C25H24ClF3N4O5/c1-3-4-19(24(36)32-15-6-7-18(23(30)35)31-11-15)33-12-21(37-2)17(10-22(33)34)16-9-14(26)5-8-20(16)38-13-25(27,28)29/h5-12,19H,3-4,13H2,1-2H3,(H2,30,35)(H,32,36). The van der Waals surface area contributed by atoms with Gasteiger partial charge in [-0.05, 0) is 36.8 Å². The number of anilines is 1. The first kappa shape index (κ1) is 28.5. The van der Waals surface area contributed by atoms with Crippen molar-refractivity contribution in [2.45, 2.75) is 32.0 Å². The van der Waals surface area contributed by atoms with Crippen molar-refractivity contribution in [3.63, 3.8) is 0 Å². The maximum atomic E-state index is 13.2. The minimum atomic E-state index is -4.58. The van der Waals surface area contributed by atoms with Crippen molar-refractivity contribution in [3.8, 4) is 22.6 Å². The van der Waals surface area contributed by atoms with E-state index in [2.05, 4.69) is 10.3 Å². The second-order valence-electron chi connectivity index (χ2n) is 8.14. The summed E-state index contributed by atoms with van der Waals surface area (Å²) in [5, 5.41) is 2.85. The number of carbonyl (C=O) groups excluding carboxylic acids is 2. The summed E-state index contributed by atoms with van der Waals surface area (Å²) in [6, 6.07) is 6.95. The van der Waals surface area contributed by atoms with E-state index in [0.29, 0.717) is 6.42 Å². The summed E-state index contributed by atoms with van der Waals surface area (Å²) in [4.78, 5) is 41.4. The largest absolute Gasteiger partial charge is 0.495 e. The van der Waals surface area contributed by atoms with Crippen molar-refractivity contribution in [3.05, 3.63) is 69.9 Å². The number of amides is 2. The van der Waals surface area contributed by atoms with Gasteiger partial charge in [-0.15, -0.1) is 0 Å². The van der Waals surface area contributed by atoms with Gasteiger partial charge in [0.25, 0.3) is 11.5 Å². The van der Waals surface area contributed by atoms with Gasteiger partial charge in [0.1, 0.15) is 23.2 Å². The van der Waals surface area contributed by atoms with Crippen molar-refractivity contribution in [2.75, 3.05) is 19.0 Å². The van der Waals surface area contributed by atoms with Crippen LogP contribution in [0.15, 0.2) is 53.6 Å². The van der Waals surface area contributed by atoms with Crippen LogP contribution >= 0.6 is 11.6 Å². The molecule has 0 aliphatic rings. The van der Waals surface area contributed by atoms with E-state index in [1.54, 1.807) is 0 Å². The fourth-order valence-corrected chi connectivity index (χ4v) is 3.82. The molecule has 3 N–H and O–H groups in total. The van der Waals surface area contributed by atoms with Crippen molar-refractivity contribution >= 4 is 29.1 Å². The third-order valence-electron chi connectivity index (χ3n) is 5.37. The number of pyridine rings is 2. The van der Waals surface area contributed by atoms with E-state index in [-0.39, 0.29) is 45.5 Å². The first-order valence-electron chi connectivity index (χ1n) is 11.3. The van der Waals surface area contributed by atoms with Gasteiger partial charge in [-0.2, -0.15) is 13.2 Å². The van der Waals surface area contributed by atoms with Crippen LogP contribution < -0.4 is 26.1 Å². The number of rotatable bonds is 10. The van der Waals surface area contributed by atoms with Crippen LogP contribution in [0.5, 0.6) is 11.5 Å². The molecule has 1 unspecified atom stereocenters. The topological polar surface area (TPSA) is 126 Å². The van der Waals surface area contributed by atoms with Crippen molar-refractivity contribution < 1.29 is 32.2 Å². The Kier molecular flexibility index (Phi) is 9.00. The van der Waals surface area contributed by atoms with Crippen LogP contribution in [-0.4, -0.2) is 41.3 Å². The lowest BCUT2D eigenvalue weighted by Crippen LogP contribution is -2.33. The molecule has 0 radical (unpaired) electrons. The molecular formula is C25H24ClF3N4O5. The predicted octanol–water partition coefficient (Wildman–Crippen LogP) is 4.59. The van der Waals surface area contributed by atoms with Crippen LogP contribution in [-0.2, 0) is 4.79 Å². The molecule has 2 amide bonds. The highest BCUT2D eigenvalue weighted by atomic mass is 35.5. The smallest absolute Gasteiger partial charge is 0.422 e. The summed E-state index contributed by atoms with van der Waals surface area (Å²) in [7, 11) is 1.31. The molecule has 0 saturated carbocycles. The molecule has 3 aromatic rings. The molecule has 0 aliphatic carbocycles. The Bertz CT molecular complexity index is 1380. The van der Waals surface area contributed by atoms with Gasteiger partial charge in [0.05, 0.1) is 25.2 Å². The zero-order valence-electron chi connectivity index (χ0n) is 20.3. The molecule has 1 aromatic carbocycles.